The standard InChI is InChI=1S/C33H55NO3/c1-29(2)24-13-16-31(5)19-21-9-11-23-30(3,4)27(37-28(35)20-34)15-17-32(23,6)22(21)10-12-25(31)33(24,7)18-14-26(29)36-8/h9,22-27H,10-20,34H2,1-8H3/t22-,23-,24-,25-,26-,27+,31-,32+,33-/m0/s1. The SMILES string of the molecule is CO[C@H]1CC[C@@]2(C)[C@@H](CC[C@@]3(C)CC4=CC[C@H]5C(C)(C)[C@H](OC(=O)CN)CC[C@]5(C)[C@H]4CC[C@@H]32)C1(C)C. The van der Waals surface area contributed by atoms with Gasteiger partial charge in [0.2, 0.25) is 0 Å². The zero-order chi connectivity index (χ0) is 27.0. The Bertz CT molecular complexity index is 938. The first-order chi connectivity index (χ1) is 17.2. The Balaban J connectivity index is 1.44. The normalized spacial score (nSPS) is 48.3. The summed E-state index contributed by atoms with van der Waals surface area (Å²) in [5, 5.41) is 0. The van der Waals surface area contributed by atoms with Gasteiger partial charge in [-0.25, -0.2) is 0 Å². The average Bonchev–Trinajstić information content (AvgIpc) is 2.97. The van der Waals surface area contributed by atoms with Crippen molar-refractivity contribution in [3.63, 3.8) is 0 Å². The molecule has 0 spiro atoms. The number of ether oxygens (including phenoxy) is 2. The molecule has 0 aliphatic heterocycles. The summed E-state index contributed by atoms with van der Waals surface area (Å²) in [4.78, 5) is 12.1. The summed E-state index contributed by atoms with van der Waals surface area (Å²) in [5.74, 6) is 2.45. The van der Waals surface area contributed by atoms with Crippen LogP contribution in [-0.4, -0.2) is 31.8 Å². The van der Waals surface area contributed by atoms with Crippen molar-refractivity contribution in [2.24, 2.45) is 56.5 Å². The molecule has 0 heterocycles. The van der Waals surface area contributed by atoms with Crippen molar-refractivity contribution in [1.82, 2.24) is 0 Å². The van der Waals surface area contributed by atoms with Crippen LogP contribution >= 0.6 is 0 Å². The molecule has 0 aromatic heterocycles. The van der Waals surface area contributed by atoms with E-state index in [0.717, 1.165) is 31.1 Å². The highest BCUT2D eigenvalue weighted by Crippen LogP contribution is 2.70. The molecular weight excluding hydrogens is 458 g/mol. The Hall–Kier alpha value is -0.870. The second-order valence-electron chi connectivity index (χ2n) is 15.8. The van der Waals surface area contributed by atoms with Gasteiger partial charge in [0.05, 0.1) is 12.6 Å². The highest BCUT2D eigenvalue weighted by atomic mass is 16.5. The van der Waals surface area contributed by atoms with Crippen LogP contribution in [0.3, 0.4) is 0 Å². The van der Waals surface area contributed by atoms with E-state index in [-0.39, 0.29) is 34.9 Å². The van der Waals surface area contributed by atoms with Crippen LogP contribution in [0.15, 0.2) is 11.6 Å². The number of esters is 1. The second kappa shape index (κ2) is 9.08. The van der Waals surface area contributed by atoms with E-state index < -0.39 is 0 Å². The van der Waals surface area contributed by atoms with Gasteiger partial charge in [-0.1, -0.05) is 60.1 Å². The van der Waals surface area contributed by atoms with Crippen molar-refractivity contribution >= 4 is 5.97 Å². The lowest BCUT2D eigenvalue weighted by Gasteiger charge is -2.64. The number of fused-ring (bicyclic) bond motifs is 6. The lowest BCUT2D eigenvalue weighted by molar-refractivity contribution is -0.178. The molecule has 0 aromatic carbocycles. The van der Waals surface area contributed by atoms with Crippen LogP contribution in [0.2, 0.25) is 0 Å². The van der Waals surface area contributed by atoms with E-state index >= 15 is 0 Å². The van der Waals surface area contributed by atoms with Gasteiger partial charge in [-0.3, -0.25) is 4.79 Å². The number of nitrogens with two attached hydrogens (primary N) is 1. The fourth-order valence-corrected chi connectivity index (χ4v) is 11.8. The number of hydrogen-bond acceptors (Lipinski definition) is 4. The molecule has 5 aliphatic rings. The Morgan fingerprint density at radius 3 is 2.16 bits per heavy atom. The summed E-state index contributed by atoms with van der Waals surface area (Å²) < 4.78 is 12.0. The quantitative estimate of drug-likeness (QED) is 0.318. The fraction of sp³-hybridized carbons (Fsp3) is 0.909. The van der Waals surface area contributed by atoms with E-state index in [4.69, 9.17) is 15.2 Å². The van der Waals surface area contributed by atoms with Gasteiger partial charge in [-0.15, -0.1) is 0 Å². The van der Waals surface area contributed by atoms with Gasteiger partial charge < -0.3 is 15.2 Å². The summed E-state index contributed by atoms with van der Waals surface area (Å²) in [6.45, 7) is 17.6. The maximum atomic E-state index is 12.1. The summed E-state index contributed by atoms with van der Waals surface area (Å²) >= 11 is 0. The number of carbonyl (C=O) groups excluding carboxylic acids is 1. The van der Waals surface area contributed by atoms with Gasteiger partial charge in [-0.2, -0.15) is 0 Å². The molecule has 4 fully saturated rings. The van der Waals surface area contributed by atoms with E-state index in [1.807, 2.05) is 7.11 Å². The van der Waals surface area contributed by atoms with Gasteiger partial charge in [0.15, 0.2) is 0 Å². The third-order valence-corrected chi connectivity index (χ3v) is 13.5. The van der Waals surface area contributed by atoms with Gasteiger partial charge in [-0.05, 0) is 110 Å². The molecule has 210 valence electrons. The van der Waals surface area contributed by atoms with Crippen LogP contribution in [0.1, 0.15) is 113 Å². The second-order valence-corrected chi connectivity index (χ2v) is 15.8. The largest absolute Gasteiger partial charge is 0.461 e. The Labute approximate surface area is 226 Å². The van der Waals surface area contributed by atoms with E-state index in [1.165, 1.54) is 44.9 Å². The average molecular weight is 514 g/mol. The third-order valence-electron chi connectivity index (χ3n) is 13.5. The topological polar surface area (TPSA) is 61.5 Å². The van der Waals surface area contributed by atoms with Crippen molar-refractivity contribution in [2.75, 3.05) is 13.7 Å². The minimum absolute atomic E-state index is 0.0249. The molecule has 0 bridgehead atoms. The minimum Gasteiger partial charge on any atom is -0.461 e. The first kappa shape index (κ1) is 27.7. The van der Waals surface area contributed by atoms with Crippen LogP contribution in [0.4, 0.5) is 0 Å². The van der Waals surface area contributed by atoms with Crippen molar-refractivity contribution in [1.29, 1.82) is 0 Å². The van der Waals surface area contributed by atoms with Gasteiger partial charge in [0.1, 0.15) is 6.10 Å². The summed E-state index contributed by atoms with van der Waals surface area (Å²) in [5.41, 5.74) is 8.64. The first-order valence-electron chi connectivity index (χ1n) is 15.4. The predicted molar refractivity (Wildman–Crippen MR) is 150 cm³/mol. The Kier molecular flexibility index (Phi) is 6.80. The molecule has 5 aliphatic carbocycles. The first-order valence-corrected chi connectivity index (χ1v) is 15.4. The number of allylic oxidation sites excluding steroid dienone is 2. The van der Waals surface area contributed by atoms with Gasteiger partial charge >= 0.3 is 5.97 Å². The van der Waals surface area contributed by atoms with Gasteiger partial charge in [0.25, 0.3) is 0 Å². The van der Waals surface area contributed by atoms with Crippen LogP contribution in [0.5, 0.6) is 0 Å². The summed E-state index contributed by atoms with van der Waals surface area (Å²) in [6, 6.07) is 0. The van der Waals surface area contributed by atoms with Crippen LogP contribution in [0.25, 0.3) is 0 Å². The number of methoxy groups -OCH3 is 1. The molecule has 37 heavy (non-hydrogen) atoms. The van der Waals surface area contributed by atoms with Crippen LogP contribution < -0.4 is 5.73 Å². The summed E-state index contributed by atoms with van der Waals surface area (Å²) in [7, 11) is 1.93. The molecular formula is C33H55NO3. The molecule has 9 atom stereocenters. The van der Waals surface area contributed by atoms with Crippen molar-refractivity contribution in [2.45, 2.75) is 125 Å². The lowest BCUT2D eigenvalue weighted by atomic mass is 9.42. The zero-order valence-electron chi connectivity index (χ0n) is 25.1. The maximum Gasteiger partial charge on any atom is 0.319 e. The van der Waals surface area contributed by atoms with Gasteiger partial charge in [0, 0.05) is 12.5 Å². The Morgan fingerprint density at radius 1 is 0.838 bits per heavy atom. The molecule has 0 saturated heterocycles. The van der Waals surface area contributed by atoms with Crippen LogP contribution in [-0.2, 0) is 14.3 Å². The minimum atomic E-state index is -0.255. The molecule has 0 unspecified atom stereocenters. The maximum absolute atomic E-state index is 12.1. The molecule has 4 nitrogen and oxygen atoms in total. The van der Waals surface area contributed by atoms with E-state index in [1.54, 1.807) is 5.57 Å². The Morgan fingerprint density at radius 2 is 1.49 bits per heavy atom. The molecule has 0 aromatic rings. The number of hydrogen-bond donors (Lipinski definition) is 1. The van der Waals surface area contributed by atoms with Crippen molar-refractivity contribution in [3.05, 3.63) is 11.6 Å². The highest BCUT2D eigenvalue weighted by Gasteiger charge is 2.63. The fourth-order valence-electron chi connectivity index (χ4n) is 11.8. The number of rotatable bonds is 3. The summed E-state index contributed by atoms with van der Waals surface area (Å²) in [6.07, 6.45) is 15.4. The predicted octanol–water partition coefficient (Wildman–Crippen LogP) is 7.30. The highest BCUT2D eigenvalue weighted by molar-refractivity contribution is 5.71. The zero-order valence-corrected chi connectivity index (χ0v) is 25.1. The van der Waals surface area contributed by atoms with Crippen molar-refractivity contribution < 1.29 is 14.3 Å². The van der Waals surface area contributed by atoms with E-state index in [9.17, 15) is 4.79 Å². The van der Waals surface area contributed by atoms with E-state index in [0.29, 0.717) is 28.8 Å². The number of carbonyl (C=O) groups is 1. The van der Waals surface area contributed by atoms with Crippen LogP contribution in [0, 0.1) is 50.7 Å². The smallest absolute Gasteiger partial charge is 0.319 e. The third kappa shape index (κ3) is 4.00. The molecule has 4 heteroatoms. The lowest BCUT2D eigenvalue weighted by Crippen LogP contribution is -2.58. The molecule has 0 amide bonds. The molecule has 4 saturated carbocycles. The van der Waals surface area contributed by atoms with E-state index in [2.05, 4.69) is 54.5 Å². The van der Waals surface area contributed by atoms with Crippen molar-refractivity contribution in [3.8, 4) is 0 Å². The molecule has 0 radical (unpaired) electrons. The monoisotopic (exact) mass is 513 g/mol. The molecule has 2 N–H and O–H groups in total. The molecule has 5 rings (SSSR count).